The van der Waals surface area contributed by atoms with E-state index in [2.05, 4.69) is 5.32 Å². The van der Waals surface area contributed by atoms with Crippen molar-refractivity contribution in [3.8, 4) is 5.75 Å². The van der Waals surface area contributed by atoms with E-state index in [1.807, 2.05) is 0 Å². The predicted octanol–water partition coefficient (Wildman–Crippen LogP) is 1.28. The van der Waals surface area contributed by atoms with E-state index in [4.69, 9.17) is 20.2 Å². The topological polar surface area (TPSA) is 81.7 Å². The Morgan fingerprint density at radius 2 is 2.29 bits per heavy atom. The number of ether oxygens (including phenoxy) is 2. The Hall–Kier alpha value is -1.31. The third-order valence-electron chi connectivity index (χ3n) is 3.29. The van der Waals surface area contributed by atoms with Crippen molar-refractivity contribution < 1.29 is 22.7 Å². The van der Waals surface area contributed by atoms with Crippen LogP contribution in [-0.2, 0) is 25.1 Å². The molecule has 0 radical (unpaired) electrons. The van der Waals surface area contributed by atoms with Gasteiger partial charge in [-0.2, -0.15) is 0 Å². The second kappa shape index (κ2) is 6.64. The van der Waals surface area contributed by atoms with Crippen LogP contribution in [-0.4, -0.2) is 34.6 Å². The summed E-state index contributed by atoms with van der Waals surface area (Å²) in [7, 11) is 2.97. The van der Waals surface area contributed by atoms with Gasteiger partial charge in [0.1, 0.15) is 5.75 Å². The molecule has 0 aliphatic carbocycles. The van der Waals surface area contributed by atoms with Crippen LogP contribution in [0.5, 0.6) is 5.75 Å². The Bertz CT molecular complexity index is 625. The largest absolute Gasteiger partial charge is 0.496 e. The van der Waals surface area contributed by atoms with E-state index in [-0.39, 0.29) is 23.3 Å². The number of hydrogen-bond donors (Lipinski definition) is 1. The highest BCUT2D eigenvalue weighted by atomic mass is 35.7. The average Bonchev–Trinajstić information content (AvgIpc) is 2.97. The van der Waals surface area contributed by atoms with Crippen molar-refractivity contribution >= 4 is 25.6 Å². The first-order valence-electron chi connectivity index (χ1n) is 6.39. The molecule has 0 saturated carbocycles. The Labute approximate surface area is 127 Å². The molecule has 0 spiro atoms. The highest BCUT2D eigenvalue weighted by Crippen LogP contribution is 2.24. The van der Waals surface area contributed by atoms with E-state index in [0.29, 0.717) is 30.9 Å². The molecule has 2 rings (SSSR count). The summed E-state index contributed by atoms with van der Waals surface area (Å²) in [6, 6.07) is 4.26. The monoisotopic (exact) mass is 333 g/mol. The van der Waals surface area contributed by atoms with Crippen molar-refractivity contribution in [2.24, 2.45) is 5.92 Å². The van der Waals surface area contributed by atoms with Gasteiger partial charge in [0, 0.05) is 29.4 Å². The van der Waals surface area contributed by atoms with Crippen LogP contribution < -0.4 is 10.1 Å². The minimum atomic E-state index is -3.82. The highest BCUT2D eigenvalue weighted by Gasteiger charge is 2.23. The number of amides is 1. The van der Waals surface area contributed by atoms with Gasteiger partial charge in [-0.1, -0.05) is 0 Å². The molecule has 21 heavy (non-hydrogen) atoms. The first-order chi connectivity index (χ1) is 9.91. The molecule has 116 valence electrons. The number of benzene rings is 1. The van der Waals surface area contributed by atoms with Crippen LogP contribution in [0.2, 0.25) is 0 Å². The number of nitrogens with one attached hydrogen (secondary N) is 1. The average molecular weight is 334 g/mol. The number of carbonyl (C=O) groups is 1. The van der Waals surface area contributed by atoms with E-state index in [1.165, 1.54) is 25.3 Å². The van der Waals surface area contributed by atoms with E-state index < -0.39 is 9.05 Å². The molecule has 0 bridgehead atoms. The fourth-order valence-electron chi connectivity index (χ4n) is 2.11. The van der Waals surface area contributed by atoms with Gasteiger partial charge in [0.05, 0.1) is 24.5 Å². The third-order valence-corrected chi connectivity index (χ3v) is 4.64. The minimum Gasteiger partial charge on any atom is -0.496 e. The maximum absolute atomic E-state index is 11.9. The van der Waals surface area contributed by atoms with Crippen LogP contribution >= 0.6 is 10.7 Å². The maximum atomic E-state index is 11.9. The lowest BCUT2D eigenvalue weighted by molar-refractivity contribution is -0.125. The summed E-state index contributed by atoms with van der Waals surface area (Å²) in [4.78, 5) is 11.9. The highest BCUT2D eigenvalue weighted by molar-refractivity contribution is 8.13. The Morgan fingerprint density at radius 1 is 1.52 bits per heavy atom. The van der Waals surface area contributed by atoms with Crippen LogP contribution in [0, 0.1) is 5.92 Å². The lowest BCUT2D eigenvalue weighted by Crippen LogP contribution is -2.30. The molecular formula is C13H16ClNO5S. The fraction of sp³-hybridized carbons (Fsp3) is 0.462. The molecule has 0 aromatic heterocycles. The molecule has 1 aromatic rings. The minimum absolute atomic E-state index is 0.0292. The molecule has 1 aliphatic heterocycles. The van der Waals surface area contributed by atoms with Crippen LogP contribution in [0.1, 0.15) is 12.0 Å². The van der Waals surface area contributed by atoms with Gasteiger partial charge >= 0.3 is 0 Å². The lowest BCUT2D eigenvalue weighted by Gasteiger charge is -2.13. The molecule has 1 saturated heterocycles. The van der Waals surface area contributed by atoms with Crippen molar-refractivity contribution in [1.82, 2.24) is 5.32 Å². The van der Waals surface area contributed by atoms with E-state index in [0.717, 1.165) is 0 Å². The van der Waals surface area contributed by atoms with Gasteiger partial charge in [-0.05, 0) is 24.6 Å². The summed E-state index contributed by atoms with van der Waals surface area (Å²) >= 11 is 0. The Balaban J connectivity index is 2.12. The van der Waals surface area contributed by atoms with Crippen molar-refractivity contribution in [3.05, 3.63) is 23.8 Å². The van der Waals surface area contributed by atoms with Crippen LogP contribution in [0.3, 0.4) is 0 Å². The van der Waals surface area contributed by atoms with E-state index >= 15 is 0 Å². The zero-order chi connectivity index (χ0) is 15.5. The lowest BCUT2D eigenvalue weighted by atomic mass is 10.1. The molecule has 1 fully saturated rings. The zero-order valence-corrected chi connectivity index (χ0v) is 13.0. The summed E-state index contributed by atoms with van der Waals surface area (Å²) in [5, 5.41) is 2.76. The molecule has 1 aliphatic rings. The number of hydrogen-bond acceptors (Lipinski definition) is 5. The van der Waals surface area contributed by atoms with Gasteiger partial charge in [-0.3, -0.25) is 4.79 Å². The van der Waals surface area contributed by atoms with Gasteiger partial charge in [0.25, 0.3) is 9.05 Å². The smallest absolute Gasteiger partial charge is 0.261 e. The summed E-state index contributed by atoms with van der Waals surface area (Å²) in [6.45, 7) is 1.17. The van der Waals surface area contributed by atoms with E-state index in [1.54, 1.807) is 0 Å². The molecular weight excluding hydrogens is 318 g/mol. The van der Waals surface area contributed by atoms with Crippen molar-refractivity contribution in [1.29, 1.82) is 0 Å². The SMILES string of the molecule is COc1ccc(S(=O)(=O)Cl)cc1CNC(=O)C1CCOC1. The summed E-state index contributed by atoms with van der Waals surface area (Å²) in [6.07, 6.45) is 0.694. The number of rotatable bonds is 5. The van der Waals surface area contributed by atoms with Crippen LogP contribution in [0.4, 0.5) is 0 Å². The van der Waals surface area contributed by atoms with Crippen LogP contribution in [0.15, 0.2) is 23.1 Å². The molecule has 6 nitrogen and oxygen atoms in total. The van der Waals surface area contributed by atoms with Crippen molar-refractivity contribution in [3.63, 3.8) is 0 Å². The van der Waals surface area contributed by atoms with Gasteiger partial charge in [-0.15, -0.1) is 0 Å². The Morgan fingerprint density at radius 3 is 2.86 bits per heavy atom. The molecule has 1 aromatic carbocycles. The molecule has 1 atom stereocenters. The van der Waals surface area contributed by atoms with Gasteiger partial charge < -0.3 is 14.8 Å². The number of carbonyl (C=O) groups excluding carboxylic acids is 1. The molecule has 1 amide bonds. The summed E-state index contributed by atoms with van der Waals surface area (Å²) in [5.41, 5.74) is 0.548. The molecule has 1 N–H and O–H groups in total. The van der Waals surface area contributed by atoms with Gasteiger partial charge in [0.2, 0.25) is 5.91 Å². The fourth-order valence-corrected chi connectivity index (χ4v) is 2.91. The van der Waals surface area contributed by atoms with Crippen molar-refractivity contribution in [2.45, 2.75) is 17.9 Å². The van der Waals surface area contributed by atoms with E-state index in [9.17, 15) is 13.2 Å². The molecule has 8 heteroatoms. The Kier molecular flexibility index (Phi) is 5.08. The summed E-state index contributed by atoms with van der Waals surface area (Å²) in [5.74, 6) is 0.215. The molecule has 1 heterocycles. The second-order valence-electron chi connectivity index (χ2n) is 4.69. The van der Waals surface area contributed by atoms with Crippen LogP contribution in [0.25, 0.3) is 0 Å². The van der Waals surface area contributed by atoms with Crippen molar-refractivity contribution in [2.75, 3.05) is 20.3 Å². The second-order valence-corrected chi connectivity index (χ2v) is 7.26. The normalized spacial score (nSPS) is 18.5. The zero-order valence-electron chi connectivity index (χ0n) is 11.5. The first kappa shape index (κ1) is 16.1. The first-order valence-corrected chi connectivity index (χ1v) is 8.70. The maximum Gasteiger partial charge on any atom is 0.261 e. The van der Waals surface area contributed by atoms with Gasteiger partial charge in [0.15, 0.2) is 0 Å². The predicted molar refractivity (Wildman–Crippen MR) is 76.8 cm³/mol. The molecule has 1 unspecified atom stereocenters. The third kappa shape index (κ3) is 4.09. The standard InChI is InChI=1S/C13H16ClNO5S/c1-19-12-3-2-11(21(14,17)18)6-10(12)7-15-13(16)9-4-5-20-8-9/h2-3,6,9H,4-5,7-8H2,1H3,(H,15,16). The number of methoxy groups -OCH3 is 1. The number of halogens is 1. The summed E-state index contributed by atoms with van der Waals surface area (Å²) < 4.78 is 33.0. The van der Waals surface area contributed by atoms with Gasteiger partial charge in [-0.25, -0.2) is 8.42 Å². The quantitative estimate of drug-likeness (QED) is 0.821.